The summed E-state index contributed by atoms with van der Waals surface area (Å²) in [4.78, 5) is 4.90. The Morgan fingerprint density at radius 1 is 1.35 bits per heavy atom. The molecule has 23 heavy (non-hydrogen) atoms. The van der Waals surface area contributed by atoms with Gasteiger partial charge in [0.2, 0.25) is 0 Å². The zero-order valence-corrected chi connectivity index (χ0v) is 17.1. The molecule has 2 atom stereocenters. The molecule has 0 radical (unpaired) electrons. The van der Waals surface area contributed by atoms with Crippen molar-refractivity contribution >= 4 is 21.6 Å². The third-order valence-corrected chi connectivity index (χ3v) is 4.70. The molecule has 1 aromatic carbocycles. The molecule has 1 aliphatic rings. The van der Waals surface area contributed by atoms with Crippen molar-refractivity contribution in [1.82, 2.24) is 0 Å². The van der Waals surface area contributed by atoms with Crippen molar-refractivity contribution < 1.29 is 4.74 Å². The van der Waals surface area contributed by atoms with Crippen LogP contribution in [-0.4, -0.2) is 12.8 Å². The maximum Gasteiger partial charge on any atom is 0.124 e. The van der Waals surface area contributed by atoms with Crippen LogP contribution in [0.2, 0.25) is 0 Å². The lowest BCUT2D eigenvalue weighted by atomic mass is 9.85. The number of ether oxygens (including phenoxy) is 1. The summed E-state index contributed by atoms with van der Waals surface area (Å²) in [5.41, 5.74) is 4.80. The van der Waals surface area contributed by atoms with E-state index in [1.807, 2.05) is 13.8 Å². The number of hydrogen-bond acceptors (Lipinski definition) is 2. The van der Waals surface area contributed by atoms with E-state index in [1.165, 1.54) is 16.8 Å². The molecule has 0 saturated heterocycles. The van der Waals surface area contributed by atoms with E-state index in [-0.39, 0.29) is 0 Å². The van der Waals surface area contributed by atoms with Crippen molar-refractivity contribution in [3.63, 3.8) is 0 Å². The van der Waals surface area contributed by atoms with Gasteiger partial charge in [-0.05, 0) is 43.7 Å². The second-order valence-electron chi connectivity index (χ2n) is 5.86. The molecule has 1 heterocycles. The third-order valence-electron chi connectivity index (χ3n) is 4.24. The van der Waals surface area contributed by atoms with Crippen LogP contribution in [0.15, 0.2) is 33.4 Å². The average molecular weight is 380 g/mol. The lowest BCUT2D eigenvalue weighted by molar-refractivity contribution is 0.406. The maximum absolute atomic E-state index is 5.64. The lowest BCUT2D eigenvalue weighted by Crippen LogP contribution is -2.17. The minimum Gasteiger partial charge on any atom is -0.496 e. The number of fused-ring (bicyclic) bond motifs is 1. The molecule has 0 bridgehead atoms. The lowest BCUT2D eigenvalue weighted by Gasteiger charge is -2.25. The maximum atomic E-state index is 5.64. The molecular formula is C20H30BrNO. The molecule has 128 valence electrons. The fourth-order valence-corrected chi connectivity index (χ4v) is 3.25. The molecule has 0 spiro atoms. The van der Waals surface area contributed by atoms with Crippen molar-refractivity contribution in [3.05, 3.63) is 39.5 Å². The number of methoxy groups -OCH3 is 1. The molecule has 2 nitrogen and oxygen atoms in total. The van der Waals surface area contributed by atoms with Gasteiger partial charge in [0.15, 0.2) is 0 Å². The van der Waals surface area contributed by atoms with Gasteiger partial charge in [-0.1, -0.05) is 56.6 Å². The highest BCUT2D eigenvalue weighted by atomic mass is 79.9. The van der Waals surface area contributed by atoms with Gasteiger partial charge >= 0.3 is 0 Å². The van der Waals surface area contributed by atoms with Gasteiger partial charge in [-0.2, -0.15) is 0 Å². The van der Waals surface area contributed by atoms with Gasteiger partial charge in [0.1, 0.15) is 5.75 Å². The van der Waals surface area contributed by atoms with E-state index < -0.39 is 0 Å². The molecular weight excluding hydrogens is 350 g/mol. The molecule has 3 heteroatoms. The summed E-state index contributed by atoms with van der Waals surface area (Å²) in [6, 6.07) is 4.25. The molecule has 0 N–H and O–H groups in total. The molecule has 2 rings (SSSR count). The highest BCUT2D eigenvalue weighted by Crippen LogP contribution is 2.38. The van der Waals surface area contributed by atoms with Crippen molar-refractivity contribution in [2.24, 2.45) is 10.9 Å². The second kappa shape index (κ2) is 9.27. The predicted octanol–water partition coefficient (Wildman–Crippen LogP) is 6.73. The van der Waals surface area contributed by atoms with Crippen LogP contribution in [0, 0.1) is 5.92 Å². The Labute approximate surface area is 150 Å². The van der Waals surface area contributed by atoms with Crippen LogP contribution >= 0.6 is 15.9 Å². The SMILES string of the molecule is CC.CCC(C)C1=N/C(C)=C/CC(C)c2c(OC)cc(Br)cc21. The van der Waals surface area contributed by atoms with Crippen molar-refractivity contribution in [3.8, 4) is 5.75 Å². The van der Waals surface area contributed by atoms with Crippen LogP contribution in [0.3, 0.4) is 0 Å². The monoisotopic (exact) mass is 379 g/mol. The van der Waals surface area contributed by atoms with E-state index in [1.54, 1.807) is 7.11 Å². The summed E-state index contributed by atoms with van der Waals surface area (Å²) >= 11 is 3.61. The Morgan fingerprint density at radius 2 is 2.00 bits per heavy atom. The Kier molecular flexibility index (Phi) is 8.04. The summed E-state index contributed by atoms with van der Waals surface area (Å²) in [6.45, 7) is 12.8. The fourth-order valence-electron chi connectivity index (χ4n) is 2.81. The number of allylic oxidation sites excluding steroid dienone is 2. The molecule has 0 aliphatic carbocycles. The van der Waals surface area contributed by atoms with Crippen molar-refractivity contribution in [2.45, 2.75) is 60.3 Å². The van der Waals surface area contributed by atoms with E-state index in [0.29, 0.717) is 11.8 Å². The Balaban J connectivity index is 0.00000127. The highest BCUT2D eigenvalue weighted by Gasteiger charge is 2.24. The summed E-state index contributed by atoms with van der Waals surface area (Å²) in [7, 11) is 1.74. The van der Waals surface area contributed by atoms with Gasteiger partial charge < -0.3 is 4.74 Å². The first-order chi connectivity index (χ1) is 11.0. The number of rotatable bonds is 3. The first kappa shape index (κ1) is 20.0. The van der Waals surface area contributed by atoms with E-state index >= 15 is 0 Å². The number of benzene rings is 1. The normalized spacial score (nSPS) is 20.6. The van der Waals surface area contributed by atoms with Crippen LogP contribution in [0.4, 0.5) is 0 Å². The zero-order valence-electron chi connectivity index (χ0n) is 15.5. The third kappa shape index (κ3) is 4.69. The van der Waals surface area contributed by atoms with Gasteiger partial charge in [-0.3, -0.25) is 4.99 Å². The Bertz CT molecular complexity index is 590. The Hall–Kier alpha value is -1.09. The topological polar surface area (TPSA) is 21.6 Å². The van der Waals surface area contributed by atoms with Gasteiger partial charge in [0.25, 0.3) is 0 Å². The standard InChI is InChI=1S/C18H24BrNO.C2H6/c1-6-11(2)18-15-9-14(19)10-16(21-5)17(15)12(3)7-8-13(4)20-18;1-2/h8-12H,6-7H2,1-5H3;1-2H3/b13-8+,20-18?;. The molecule has 0 fully saturated rings. The van der Waals surface area contributed by atoms with Crippen LogP contribution in [0.25, 0.3) is 0 Å². The van der Waals surface area contributed by atoms with Crippen LogP contribution in [-0.2, 0) is 0 Å². The van der Waals surface area contributed by atoms with Crippen LogP contribution in [0.5, 0.6) is 5.75 Å². The van der Waals surface area contributed by atoms with Gasteiger partial charge in [0, 0.05) is 21.3 Å². The van der Waals surface area contributed by atoms with Crippen LogP contribution in [0.1, 0.15) is 71.4 Å². The minimum absolute atomic E-state index is 0.424. The molecule has 0 aromatic heterocycles. The summed E-state index contributed by atoms with van der Waals surface area (Å²) in [5, 5.41) is 0. The molecule has 1 aliphatic heterocycles. The van der Waals surface area contributed by atoms with Gasteiger partial charge in [-0.15, -0.1) is 0 Å². The average Bonchev–Trinajstić information content (AvgIpc) is 2.56. The Morgan fingerprint density at radius 3 is 2.57 bits per heavy atom. The summed E-state index contributed by atoms with van der Waals surface area (Å²) < 4.78 is 6.69. The number of nitrogens with zero attached hydrogens (tertiary/aromatic N) is 1. The molecule has 0 saturated carbocycles. The van der Waals surface area contributed by atoms with E-state index in [9.17, 15) is 0 Å². The van der Waals surface area contributed by atoms with E-state index in [0.717, 1.165) is 28.8 Å². The fraction of sp³-hybridized carbons (Fsp3) is 0.550. The molecule has 1 aromatic rings. The second-order valence-corrected chi connectivity index (χ2v) is 6.77. The number of aliphatic imine (C=N–C) groups is 1. The van der Waals surface area contributed by atoms with E-state index in [2.05, 4.69) is 61.8 Å². The minimum atomic E-state index is 0.424. The predicted molar refractivity (Wildman–Crippen MR) is 105 cm³/mol. The first-order valence-electron chi connectivity index (χ1n) is 8.61. The van der Waals surface area contributed by atoms with Crippen LogP contribution < -0.4 is 4.74 Å². The van der Waals surface area contributed by atoms with E-state index in [4.69, 9.17) is 9.73 Å². The summed E-state index contributed by atoms with van der Waals surface area (Å²) in [5.74, 6) is 1.81. The highest BCUT2D eigenvalue weighted by molar-refractivity contribution is 9.10. The zero-order chi connectivity index (χ0) is 17.6. The first-order valence-corrected chi connectivity index (χ1v) is 9.40. The number of halogens is 1. The molecule has 2 unspecified atom stereocenters. The van der Waals surface area contributed by atoms with Crippen molar-refractivity contribution in [2.75, 3.05) is 7.11 Å². The quantitative estimate of drug-likeness (QED) is 0.570. The van der Waals surface area contributed by atoms with Gasteiger partial charge in [0.05, 0.1) is 12.8 Å². The summed E-state index contributed by atoms with van der Waals surface area (Å²) in [6.07, 6.45) is 4.31. The van der Waals surface area contributed by atoms with Gasteiger partial charge in [-0.25, -0.2) is 0 Å². The smallest absolute Gasteiger partial charge is 0.124 e. The largest absolute Gasteiger partial charge is 0.496 e. The van der Waals surface area contributed by atoms with Crippen molar-refractivity contribution in [1.29, 1.82) is 0 Å². The number of hydrogen-bond donors (Lipinski definition) is 0. The molecule has 0 amide bonds.